The standard InChI is InChI=1S/C22H27NO/c1-16-21-14-18-8-9-19(24)15-20(18)22(16,2)11-13-23(21)12-10-17-6-4-3-5-7-17/h3-9,15-16,21,24H,10-14H2,1-2H3/t16-,21+,22+/m0/s1. The first kappa shape index (κ1) is 15.7. The molecule has 0 amide bonds. The van der Waals surface area contributed by atoms with Gasteiger partial charge < -0.3 is 5.11 Å². The van der Waals surface area contributed by atoms with Crippen LogP contribution in [0.15, 0.2) is 48.5 Å². The van der Waals surface area contributed by atoms with Gasteiger partial charge in [0.25, 0.3) is 0 Å². The fourth-order valence-electron chi connectivity index (χ4n) is 4.89. The van der Waals surface area contributed by atoms with E-state index in [0.29, 0.717) is 17.7 Å². The van der Waals surface area contributed by atoms with Gasteiger partial charge in [0.15, 0.2) is 0 Å². The molecule has 2 aromatic rings. The highest BCUT2D eigenvalue weighted by Gasteiger charge is 2.48. The molecule has 0 aromatic heterocycles. The first-order valence-electron chi connectivity index (χ1n) is 9.18. The third kappa shape index (κ3) is 2.53. The van der Waals surface area contributed by atoms with Gasteiger partial charge in [-0.25, -0.2) is 0 Å². The first-order chi connectivity index (χ1) is 11.6. The monoisotopic (exact) mass is 321 g/mol. The van der Waals surface area contributed by atoms with Crippen molar-refractivity contribution in [3.8, 4) is 5.75 Å². The summed E-state index contributed by atoms with van der Waals surface area (Å²) in [6, 6.07) is 17.4. The lowest BCUT2D eigenvalue weighted by atomic mass is 9.59. The van der Waals surface area contributed by atoms with E-state index in [2.05, 4.69) is 55.1 Å². The molecule has 3 atom stereocenters. The molecule has 2 heteroatoms. The van der Waals surface area contributed by atoms with E-state index in [4.69, 9.17) is 0 Å². The summed E-state index contributed by atoms with van der Waals surface area (Å²) in [5.41, 5.74) is 4.44. The third-order valence-corrected chi connectivity index (χ3v) is 6.64. The molecule has 2 aliphatic rings. The second-order valence-corrected chi connectivity index (χ2v) is 7.84. The highest BCUT2D eigenvalue weighted by Crippen LogP contribution is 2.49. The highest BCUT2D eigenvalue weighted by atomic mass is 16.3. The van der Waals surface area contributed by atoms with Gasteiger partial charge in [0.05, 0.1) is 0 Å². The van der Waals surface area contributed by atoms with Crippen molar-refractivity contribution >= 4 is 0 Å². The van der Waals surface area contributed by atoms with E-state index in [1.54, 1.807) is 0 Å². The number of likely N-dealkylation sites (tertiary alicyclic amines) is 1. The molecule has 1 aliphatic carbocycles. The van der Waals surface area contributed by atoms with E-state index in [1.165, 1.54) is 23.1 Å². The molecule has 1 saturated heterocycles. The van der Waals surface area contributed by atoms with Gasteiger partial charge in [-0.2, -0.15) is 0 Å². The number of hydrogen-bond donors (Lipinski definition) is 1. The number of benzene rings is 2. The second kappa shape index (κ2) is 5.93. The summed E-state index contributed by atoms with van der Waals surface area (Å²) < 4.78 is 0. The summed E-state index contributed by atoms with van der Waals surface area (Å²) >= 11 is 0. The van der Waals surface area contributed by atoms with Crippen LogP contribution >= 0.6 is 0 Å². The van der Waals surface area contributed by atoms with Gasteiger partial charge in [0, 0.05) is 12.6 Å². The van der Waals surface area contributed by atoms with Crippen LogP contribution in [0.2, 0.25) is 0 Å². The molecule has 1 N–H and O–H groups in total. The largest absolute Gasteiger partial charge is 0.508 e. The molecule has 4 rings (SSSR count). The normalized spacial score (nSPS) is 29.2. The van der Waals surface area contributed by atoms with Gasteiger partial charge in [-0.15, -0.1) is 0 Å². The van der Waals surface area contributed by atoms with Crippen molar-refractivity contribution in [2.45, 2.75) is 44.6 Å². The maximum Gasteiger partial charge on any atom is 0.115 e. The number of hydrogen-bond acceptors (Lipinski definition) is 2. The van der Waals surface area contributed by atoms with Crippen LogP contribution in [0.1, 0.15) is 37.0 Å². The summed E-state index contributed by atoms with van der Waals surface area (Å²) in [6.07, 6.45) is 3.42. The average Bonchev–Trinajstić information content (AvgIpc) is 2.59. The van der Waals surface area contributed by atoms with E-state index in [0.717, 1.165) is 25.9 Å². The Kier molecular flexibility index (Phi) is 3.88. The van der Waals surface area contributed by atoms with E-state index in [-0.39, 0.29) is 5.41 Å². The molecule has 126 valence electrons. The fourth-order valence-corrected chi connectivity index (χ4v) is 4.89. The molecule has 24 heavy (non-hydrogen) atoms. The van der Waals surface area contributed by atoms with Gasteiger partial charge in [-0.3, -0.25) is 4.90 Å². The molecule has 2 aromatic carbocycles. The molecule has 0 spiro atoms. The molecule has 0 radical (unpaired) electrons. The van der Waals surface area contributed by atoms with Crippen LogP contribution in [0, 0.1) is 5.92 Å². The van der Waals surface area contributed by atoms with Crippen LogP contribution in [-0.4, -0.2) is 29.1 Å². The highest BCUT2D eigenvalue weighted by molar-refractivity contribution is 5.44. The Hall–Kier alpha value is -1.80. The first-order valence-corrected chi connectivity index (χ1v) is 9.18. The van der Waals surface area contributed by atoms with E-state index in [1.807, 2.05) is 12.1 Å². The van der Waals surface area contributed by atoms with E-state index >= 15 is 0 Å². The minimum absolute atomic E-state index is 0.195. The topological polar surface area (TPSA) is 23.5 Å². The van der Waals surface area contributed by atoms with Gasteiger partial charge in [-0.1, -0.05) is 50.2 Å². The smallest absolute Gasteiger partial charge is 0.115 e. The maximum atomic E-state index is 9.94. The lowest BCUT2D eigenvalue weighted by Gasteiger charge is -2.54. The van der Waals surface area contributed by atoms with Crippen LogP contribution in [0.5, 0.6) is 5.75 Å². The summed E-state index contributed by atoms with van der Waals surface area (Å²) in [5, 5.41) is 9.94. The maximum absolute atomic E-state index is 9.94. The van der Waals surface area contributed by atoms with Crippen molar-refractivity contribution in [2.24, 2.45) is 5.92 Å². The predicted molar refractivity (Wildman–Crippen MR) is 98.5 cm³/mol. The number of rotatable bonds is 3. The Morgan fingerprint density at radius 1 is 1.17 bits per heavy atom. The molecule has 0 saturated carbocycles. The van der Waals surface area contributed by atoms with Crippen molar-refractivity contribution < 1.29 is 5.11 Å². The number of piperidine rings is 1. The number of nitrogens with zero attached hydrogens (tertiary/aromatic N) is 1. The number of aromatic hydroxyl groups is 1. The van der Waals surface area contributed by atoms with E-state index < -0.39 is 0 Å². The van der Waals surface area contributed by atoms with E-state index in [9.17, 15) is 5.11 Å². The number of phenols is 1. The zero-order valence-corrected chi connectivity index (χ0v) is 14.7. The average molecular weight is 321 g/mol. The minimum Gasteiger partial charge on any atom is -0.508 e. The van der Waals surface area contributed by atoms with Gasteiger partial charge >= 0.3 is 0 Å². The molecule has 1 fully saturated rings. The predicted octanol–water partition coefficient (Wildman–Crippen LogP) is 4.16. The molecular weight excluding hydrogens is 294 g/mol. The number of phenolic OH excluding ortho intramolecular Hbond substituents is 1. The Morgan fingerprint density at radius 2 is 1.96 bits per heavy atom. The van der Waals surface area contributed by atoms with Crippen LogP contribution in [0.4, 0.5) is 0 Å². The van der Waals surface area contributed by atoms with Crippen LogP contribution < -0.4 is 0 Å². The van der Waals surface area contributed by atoms with Crippen molar-refractivity contribution in [3.63, 3.8) is 0 Å². The zero-order chi connectivity index (χ0) is 16.7. The molecule has 0 unspecified atom stereocenters. The lowest BCUT2D eigenvalue weighted by Crippen LogP contribution is -2.58. The summed E-state index contributed by atoms with van der Waals surface area (Å²) in [7, 11) is 0. The Labute approximate surface area is 145 Å². The van der Waals surface area contributed by atoms with Crippen LogP contribution in [-0.2, 0) is 18.3 Å². The van der Waals surface area contributed by atoms with Crippen LogP contribution in [0.3, 0.4) is 0 Å². The Morgan fingerprint density at radius 3 is 2.75 bits per heavy atom. The molecule has 2 nitrogen and oxygen atoms in total. The molecule has 1 aliphatic heterocycles. The Balaban J connectivity index is 1.57. The van der Waals surface area contributed by atoms with Crippen molar-refractivity contribution in [1.29, 1.82) is 0 Å². The SMILES string of the molecule is C[C@H]1[C@H]2Cc3ccc(O)cc3[C@]1(C)CCN2CCc1ccccc1. The van der Waals surface area contributed by atoms with Crippen LogP contribution in [0.25, 0.3) is 0 Å². The summed E-state index contributed by atoms with van der Waals surface area (Å²) in [5.74, 6) is 1.03. The Bertz CT molecular complexity index is 726. The minimum atomic E-state index is 0.195. The van der Waals surface area contributed by atoms with Crippen molar-refractivity contribution in [3.05, 3.63) is 65.2 Å². The van der Waals surface area contributed by atoms with Gasteiger partial charge in [-0.05, 0) is 66.0 Å². The van der Waals surface area contributed by atoms with Gasteiger partial charge in [0.1, 0.15) is 5.75 Å². The van der Waals surface area contributed by atoms with Crippen molar-refractivity contribution in [1.82, 2.24) is 4.90 Å². The third-order valence-electron chi connectivity index (χ3n) is 6.64. The summed E-state index contributed by atoms with van der Waals surface area (Å²) in [4.78, 5) is 2.70. The summed E-state index contributed by atoms with van der Waals surface area (Å²) in [6.45, 7) is 7.11. The number of fused-ring (bicyclic) bond motifs is 4. The zero-order valence-electron chi connectivity index (χ0n) is 14.7. The molecule has 1 heterocycles. The second-order valence-electron chi connectivity index (χ2n) is 7.84. The molecule has 2 bridgehead atoms. The van der Waals surface area contributed by atoms with Crippen molar-refractivity contribution in [2.75, 3.05) is 13.1 Å². The quantitative estimate of drug-likeness (QED) is 0.917. The lowest BCUT2D eigenvalue weighted by molar-refractivity contribution is 0.0322. The molecular formula is C22H27NO. The van der Waals surface area contributed by atoms with Gasteiger partial charge in [0.2, 0.25) is 0 Å². The fraction of sp³-hybridized carbons (Fsp3) is 0.455.